The highest BCUT2D eigenvalue weighted by atomic mass is 19.1. The van der Waals surface area contributed by atoms with Crippen molar-refractivity contribution in [1.29, 1.82) is 0 Å². The lowest BCUT2D eigenvalue weighted by Gasteiger charge is -2.12. The fourth-order valence-electron chi connectivity index (χ4n) is 1.88. The molecule has 1 aromatic rings. The summed E-state index contributed by atoms with van der Waals surface area (Å²) < 4.78 is 24.0. The molecule has 0 aromatic heterocycles. The number of benzene rings is 1. The van der Waals surface area contributed by atoms with Crippen LogP contribution < -0.4 is 15.2 Å². The lowest BCUT2D eigenvalue weighted by molar-refractivity contribution is 0.351. The van der Waals surface area contributed by atoms with Crippen molar-refractivity contribution in [2.45, 2.75) is 31.2 Å². The maximum Gasteiger partial charge on any atom is 0.163 e. The van der Waals surface area contributed by atoms with Gasteiger partial charge in [0.25, 0.3) is 0 Å². The van der Waals surface area contributed by atoms with Gasteiger partial charge in [-0.1, -0.05) is 0 Å². The summed E-state index contributed by atoms with van der Waals surface area (Å²) >= 11 is 0. The second-order valence-corrected chi connectivity index (χ2v) is 4.66. The first-order valence-corrected chi connectivity index (χ1v) is 5.77. The summed E-state index contributed by atoms with van der Waals surface area (Å²) in [6, 6.07) is 3.06. The maximum atomic E-state index is 13.8. The van der Waals surface area contributed by atoms with E-state index >= 15 is 0 Å². The van der Waals surface area contributed by atoms with Crippen LogP contribution in [0.15, 0.2) is 12.1 Å². The topological polar surface area (TPSA) is 44.5 Å². The summed E-state index contributed by atoms with van der Waals surface area (Å²) in [4.78, 5) is 0. The Morgan fingerprint density at radius 1 is 1.24 bits per heavy atom. The fraction of sp³-hybridized carbons (Fsp3) is 0.538. The average molecular weight is 239 g/mol. The number of nitrogens with two attached hydrogens (primary N) is 1. The Balaban J connectivity index is 2.15. The minimum atomic E-state index is -0.257. The first kappa shape index (κ1) is 12.2. The molecule has 4 heteroatoms. The van der Waals surface area contributed by atoms with E-state index in [4.69, 9.17) is 15.2 Å². The van der Waals surface area contributed by atoms with E-state index in [9.17, 15) is 4.39 Å². The van der Waals surface area contributed by atoms with Crippen LogP contribution in [-0.2, 0) is 6.42 Å². The Labute approximate surface area is 101 Å². The summed E-state index contributed by atoms with van der Waals surface area (Å²) in [5.74, 6) is 0.723. The van der Waals surface area contributed by atoms with E-state index in [1.165, 1.54) is 13.2 Å². The molecule has 0 saturated heterocycles. The van der Waals surface area contributed by atoms with Gasteiger partial charge in [-0.2, -0.15) is 0 Å². The lowest BCUT2D eigenvalue weighted by atomic mass is 10.0. The van der Waals surface area contributed by atoms with Crippen LogP contribution >= 0.6 is 0 Å². The Hall–Kier alpha value is -1.29. The Morgan fingerprint density at radius 3 is 2.35 bits per heavy atom. The van der Waals surface area contributed by atoms with Crippen molar-refractivity contribution in [3.63, 3.8) is 0 Å². The molecule has 0 aliphatic heterocycles. The predicted molar refractivity (Wildman–Crippen MR) is 64.0 cm³/mol. The standard InChI is InChI=1S/C13H18FNO2/c1-16-11-7-9(3-4-13(15)5-6-13)10(14)8-12(11)17-2/h7-8H,3-6,15H2,1-2H3. The molecule has 2 N–H and O–H groups in total. The molecule has 2 rings (SSSR count). The quantitative estimate of drug-likeness (QED) is 0.857. The van der Waals surface area contributed by atoms with Gasteiger partial charge in [-0.15, -0.1) is 0 Å². The molecular formula is C13H18FNO2. The van der Waals surface area contributed by atoms with Crippen molar-refractivity contribution in [3.8, 4) is 11.5 Å². The number of ether oxygens (including phenoxy) is 2. The number of hydrogen-bond acceptors (Lipinski definition) is 3. The van der Waals surface area contributed by atoms with Gasteiger partial charge in [0.2, 0.25) is 0 Å². The molecule has 17 heavy (non-hydrogen) atoms. The van der Waals surface area contributed by atoms with E-state index in [0.717, 1.165) is 19.3 Å². The van der Waals surface area contributed by atoms with Gasteiger partial charge in [-0.05, 0) is 37.3 Å². The average Bonchev–Trinajstić information content (AvgIpc) is 3.05. The first-order chi connectivity index (χ1) is 8.08. The number of rotatable bonds is 5. The van der Waals surface area contributed by atoms with Crippen LogP contribution in [0.25, 0.3) is 0 Å². The molecule has 0 unspecified atom stereocenters. The predicted octanol–water partition coefficient (Wildman–Crippen LogP) is 2.27. The molecule has 0 atom stereocenters. The molecule has 0 heterocycles. The maximum absolute atomic E-state index is 13.8. The van der Waals surface area contributed by atoms with Gasteiger partial charge in [0.05, 0.1) is 14.2 Å². The summed E-state index contributed by atoms with van der Waals surface area (Å²) in [6.45, 7) is 0. The summed E-state index contributed by atoms with van der Waals surface area (Å²) in [5.41, 5.74) is 6.58. The molecule has 0 bridgehead atoms. The highest BCUT2D eigenvalue weighted by Crippen LogP contribution is 2.38. The van der Waals surface area contributed by atoms with Crippen molar-refractivity contribution < 1.29 is 13.9 Å². The van der Waals surface area contributed by atoms with E-state index < -0.39 is 0 Å². The van der Waals surface area contributed by atoms with Gasteiger partial charge in [0.1, 0.15) is 5.82 Å². The number of aryl methyl sites for hydroxylation is 1. The zero-order chi connectivity index (χ0) is 12.5. The molecular weight excluding hydrogens is 221 g/mol. The van der Waals surface area contributed by atoms with Gasteiger partial charge in [-0.25, -0.2) is 4.39 Å². The Morgan fingerprint density at radius 2 is 1.82 bits per heavy atom. The van der Waals surface area contributed by atoms with Gasteiger partial charge < -0.3 is 15.2 Å². The number of hydrogen-bond donors (Lipinski definition) is 1. The second-order valence-electron chi connectivity index (χ2n) is 4.66. The monoisotopic (exact) mass is 239 g/mol. The minimum Gasteiger partial charge on any atom is -0.493 e. The van der Waals surface area contributed by atoms with Crippen molar-refractivity contribution >= 4 is 0 Å². The molecule has 1 aliphatic carbocycles. The summed E-state index contributed by atoms with van der Waals surface area (Å²) in [7, 11) is 3.04. The van der Waals surface area contributed by atoms with Gasteiger partial charge >= 0.3 is 0 Å². The Bertz CT molecular complexity index is 416. The molecule has 1 aromatic carbocycles. The van der Waals surface area contributed by atoms with E-state index in [1.54, 1.807) is 13.2 Å². The zero-order valence-electron chi connectivity index (χ0n) is 10.3. The third kappa shape index (κ3) is 2.69. The molecule has 0 radical (unpaired) electrons. The molecule has 0 spiro atoms. The third-order valence-electron chi connectivity index (χ3n) is 3.34. The van der Waals surface area contributed by atoms with Crippen LogP contribution in [0, 0.1) is 5.82 Å². The normalized spacial score (nSPS) is 16.7. The van der Waals surface area contributed by atoms with Crippen molar-refractivity contribution in [1.82, 2.24) is 0 Å². The highest BCUT2D eigenvalue weighted by Gasteiger charge is 2.37. The first-order valence-electron chi connectivity index (χ1n) is 5.77. The minimum absolute atomic E-state index is 0.0559. The number of halogens is 1. The fourth-order valence-corrected chi connectivity index (χ4v) is 1.88. The molecule has 94 valence electrons. The SMILES string of the molecule is COc1cc(F)c(CCC2(N)CC2)cc1OC. The number of methoxy groups -OCH3 is 2. The smallest absolute Gasteiger partial charge is 0.163 e. The molecule has 3 nitrogen and oxygen atoms in total. The second kappa shape index (κ2) is 4.53. The van der Waals surface area contributed by atoms with Crippen LogP contribution in [0.4, 0.5) is 4.39 Å². The van der Waals surface area contributed by atoms with E-state index in [2.05, 4.69) is 0 Å². The highest BCUT2D eigenvalue weighted by molar-refractivity contribution is 5.43. The molecule has 1 aliphatic rings. The van der Waals surface area contributed by atoms with E-state index in [1.807, 2.05) is 0 Å². The van der Waals surface area contributed by atoms with Crippen LogP contribution in [-0.4, -0.2) is 19.8 Å². The Kier molecular flexibility index (Phi) is 3.24. The van der Waals surface area contributed by atoms with Crippen LogP contribution in [0.1, 0.15) is 24.8 Å². The van der Waals surface area contributed by atoms with Gasteiger partial charge in [0, 0.05) is 11.6 Å². The van der Waals surface area contributed by atoms with E-state index in [-0.39, 0.29) is 11.4 Å². The summed E-state index contributed by atoms with van der Waals surface area (Å²) in [6.07, 6.45) is 3.55. The van der Waals surface area contributed by atoms with Crippen LogP contribution in [0.2, 0.25) is 0 Å². The van der Waals surface area contributed by atoms with Crippen molar-refractivity contribution in [2.75, 3.05) is 14.2 Å². The largest absolute Gasteiger partial charge is 0.493 e. The lowest BCUT2D eigenvalue weighted by Crippen LogP contribution is -2.22. The third-order valence-corrected chi connectivity index (χ3v) is 3.34. The van der Waals surface area contributed by atoms with Gasteiger partial charge in [0.15, 0.2) is 11.5 Å². The molecule has 1 fully saturated rings. The molecule has 1 saturated carbocycles. The van der Waals surface area contributed by atoms with Crippen LogP contribution in [0.5, 0.6) is 11.5 Å². The van der Waals surface area contributed by atoms with Crippen molar-refractivity contribution in [2.24, 2.45) is 5.73 Å². The zero-order valence-corrected chi connectivity index (χ0v) is 10.3. The van der Waals surface area contributed by atoms with Gasteiger partial charge in [-0.3, -0.25) is 0 Å². The van der Waals surface area contributed by atoms with Crippen LogP contribution in [0.3, 0.4) is 0 Å². The molecule has 0 amide bonds. The van der Waals surface area contributed by atoms with Crippen molar-refractivity contribution in [3.05, 3.63) is 23.5 Å². The van der Waals surface area contributed by atoms with E-state index in [0.29, 0.717) is 23.5 Å². The summed E-state index contributed by atoms with van der Waals surface area (Å²) in [5, 5.41) is 0.